The summed E-state index contributed by atoms with van der Waals surface area (Å²) in [6.45, 7) is 2.85. The second-order valence-electron chi connectivity index (χ2n) is 5.92. The second kappa shape index (κ2) is 8.10. The minimum absolute atomic E-state index is 0. The van der Waals surface area contributed by atoms with Crippen LogP contribution in [0.4, 0.5) is 0 Å². The van der Waals surface area contributed by atoms with E-state index in [1.807, 2.05) is 6.92 Å². The van der Waals surface area contributed by atoms with Crippen LogP contribution < -0.4 is 10.0 Å². The lowest BCUT2D eigenvalue weighted by Gasteiger charge is -2.28. The third kappa shape index (κ3) is 5.17. The molecule has 8 heteroatoms. The van der Waals surface area contributed by atoms with Gasteiger partial charge in [-0.05, 0) is 50.6 Å². The van der Waals surface area contributed by atoms with E-state index in [0.717, 1.165) is 19.4 Å². The Bertz CT molecular complexity index is 632. The highest BCUT2D eigenvalue weighted by molar-refractivity contribution is 7.89. The van der Waals surface area contributed by atoms with Crippen molar-refractivity contribution in [3.8, 4) is 0 Å². The Labute approximate surface area is 144 Å². The zero-order valence-corrected chi connectivity index (χ0v) is 15.2. The first-order valence-corrected chi connectivity index (χ1v) is 8.85. The molecule has 0 aromatic heterocycles. The minimum atomic E-state index is -3.55. The summed E-state index contributed by atoms with van der Waals surface area (Å²) in [4.78, 5) is 13.5. The standard InChI is InChI=1S/C15H23N3O3S.ClH/c1-11-10-13(8-9-16-11)17-22(20,21)14-6-4-12(5-7-14)15(19)18(2)3;/h4-7,11,13,16-17H,8-10H2,1-3H3;1H. The average Bonchev–Trinajstić information content (AvgIpc) is 2.46. The van der Waals surface area contributed by atoms with Crippen molar-refractivity contribution < 1.29 is 13.2 Å². The maximum atomic E-state index is 12.4. The highest BCUT2D eigenvalue weighted by atomic mass is 35.5. The molecule has 2 atom stereocenters. The normalized spacial score (nSPS) is 21.3. The number of benzene rings is 1. The number of amides is 1. The molecule has 0 spiro atoms. The monoisotopic (exact) mass is 361 g/mol. The molecule has 0 aliphatic carbocycles. The summed E-state index contributed by atoms with van der Waals surface area (Å²) >= 11 is 0. The number of rotatable bonds is 4. The van der Waals surface area contributed by atoms with Crippen LogP contribution in [0.2, 0.25) is 0 Å². The Morgan fingerprint density at radius 3 is 2.39 bits per heavy atom. The molecule has 6 nitrogen and oxygen atoms in total. The van der Waals surface area contributed by atoms with Crippen LogP contribution in [0.5, 0.6) is 0 Å². The maximum Gasteiger partial charge on any atom is 0.253 e. The van der Waals surface area contributed by atoms with E-state index in [9.17, 15) is 13.2 Å². The molecule has 0 saturated carbocycles. The zero-order chi connectivity index (χ0) is 16.3. The number of sulfonamides is 1. The summed E-state index contributed by atoms with van der Waals surface area (Å²) in [6, 6.07) is 6.29. The van der Waals surface area contributed by atoms with Gasteiger partial charge >= 0.3 is 0 Å². The van der Waals surface area contributed by atoms with Crippen LogP contribution in [-0.2, 0) is 10.0 Å². The molecule has 2 unspecified atom stereocenters. The van der Waals surface area contributed by atoms with E-state index in [4.69, 9.17) is 0 Å². The molecule has 1 aliphatic heterocycles. The molecular weight excluding hydrogens is 338 g/mol. The fraction of sp³-hybridized carbons (Fsp3) is 0.533. The summed E-state index contributed by atoms with van der Waals surface area (Å²) in [6.07, 6.45) is 1.55. The predicted octanol–water partition coefficient (Wildman–Crippen LogP) is 1.23. The molecule has 130 valence electrons. The average molecular weight is 362 g/mol. The summed E-state index contributed by atoms with van der Waals surface area (Å²) in [5, 5.41) is 3.29. The molecule has 1 fully saturated rings. The van der Waals surface area contributed by atoms with Gasteiger partial charge < -0.3 is 10.2 Å². The molecule has 1 amide bonds. The van der Waals surface area contributed by atoms with E-state index < -0.39 is 10.0 Å². The maximum absolute atomic E-state index is 12.4. The van der Waals surface area contributed by atoms with Crippen LogP contribution in [0.25, 0.3) is 0 Å². The van der Waals surface area contributed by atoms with Crippen molar-refractivity contribution in [1.29, 1.82) is 0 Å². The van der Waals surface area contributed by atoms with E-state index in [2.05, 4.69) is 10.0 Å². The van der Waals surface area contributed by atoms with Crippen LogP contribution in [0.3, 0.4) is 0 Å². The third-order valence-corrected chi connectivity index (χ3v) is 5.30. The number of hydrogen-bond donors (Lipinski definition) is 2. The third-order valence-electron chi connectivity index (χ3n) is 3.76. The molecule has 0 radical (unpaired) electrons. The lowest BCUT2D eigenvalue weighted by Crippen LogP contribution is -2.46. The molecule has 0 bridgehead atoms. The SMILES string of the molecule is CC1CC(NS(=O)(=O)c2ccc(C(=O)N(C)C)cc2)CCN1.Cl. The number of nitrogens with one attached hydrogen (secondary N) is 2. The van der Waals surface area contributed by atoms with Gasteiger partial charge in [-0.15, -0.1) is 12.4 Å². The lowest BCUT2D eigenvalue weighted by atomic mass is 10.0. The van der Waals surface area contributed by atoms with Gasteiger partial charge in [0, 0.05) is 31.7 Å². The summed E-state index contributed by atoms with van der Waals surface area (Å²) < 4.78 is 27.5. The number of piperidine rings is 1. The Balaban J connectivity index is 0.00000264. The minimum Gasteiger partial charge on any atom is -0.345 e. The van der Waals surface area contributed by atoms with E-state index in [1.54, 1.807) is 26.2 Å². The van der Waals surface area contributed by atoms with Crippen LogP contribution in [0, 0.1) is 0 Å². The van der Waals surface area contributed by atoms with E-state index >= 15 is 0 Å². The fourth-order valence-electron chi connectivity index (χ4n) is 2.56. The van der Waals surface area contributed by atoms with Gasteiger partial charge in [-0.2, -0.15) is 0 Å². The van der Waals surface area contributed by atoms with Crippen molar-refractivity contribution in [3.63, 3.8) is 0 Å². The number of hydrogen-bond acceptors (Lipinski definition) is 4. The molecule has 1 aromatic carbocycles. The van der Waals surface area contributed by atoms with Gasteiger partial charge in [-0.1, -0.05) is 0 Å². The van der Waals surface area contributed by atoms with Gasteiger partial charge in [0.15, 0.2) is 0 Å². The number of carbonyl (C=O) groups excluding carboxylic acids is 1. The largest absolute Gasteiger partial charge is 0.345 e. The summed E-state index contributed by atoms with van der Waals surface area (Å²) in [7, 11) is -0.230. The molecular formula is C15H24ClN3O3S. The van der Waals surface area contributed by atoms with Crippen LogP contribution >= 0.6 is 12.4 Å². The van der Waals surface area contributed by atoms with E-state index in [-0.39, 0.29) is 29.3 Å². The van der Waals surface area contributed by atoms with Crippen molar-refractivity contribution in [2.45, 2.75) is 36.7 Å². The first-order valence-electron chi connectivity index (χ1n) is 7.37. The number of nitrogens with zero attached hydrogens (tertiary/aromatic N) is 1. The van der Waals surface area contributed by atoms with E-state index in [1.165, 1.54) is 17.0 Å². The van der Waals surface area contributed by atoms with Crippen molar-refractivity contribution >= 4 is 28.3 Å². The topological polar surface area (TPSA) is 78.5 Å². The first kappa shape index (κ1) is 19.9. The summed E-state index contributed by atoms with van der Waals surface area (Å²) in [5.41, 5.74) is 0.472. The highest BCUT2D eigenvalue weighted by Gasteiger charge is 2.24. The van der Waals surface area contributed by atoms with Gasteiger partial charge in [0.2, 0.25) is 10.0 Å². The Morgan fingerprint density at radius 2 is 1.87 bits per heavy atom. The van der Waals surface area contributed by atoms with Crippen LogP contribution in [0.15, 0.2) is 29.2 Å². The van der Waals surface area contributed by atoms with Gasteiger partial charge in [-0.3, -0.25) is 4.79 Å². The zero-order valence-electron chi connectivity index (χ0n) is 13.6. The van der Waals surface area contributed by atoms with Crippen molar-refractivity contribution in [2.75, 3.05) is 20.6 Å². The molecule has 1 saturated heterocycles. The smallest absolute Gasteiger partial charge is 0.253 e. The molecule has 1 aliphatic rings. The first-order chi connectivity index (χ1) is 10.3. The Morgan fingerprint density at radius 1 is 1.26 bits per heavy atom. The van der Waals surface area contributed by atoms with Gasteiger partial charge in [0.25, 0.3) is 5.91 Å². The number of halogens is 1. The predicted molar refractivity (Wildman–Crippen MR) is 92.5 cm³/mol. The Hall–Kier alpha value is -1.15. The highest BCUT2D eigenvalue weighted by Crippen LogP contribution is 2.15. The van der Waals surface area contributed by atoms with Crippen molar-refractivity contribution in [3.05, 3.63) is 29.8 Å². The van der Waals surface area contributed by atoms with Gasteiger partial charge in [0.1, 0.15) is 0 Å². The summed E-state index contributed by atoms with van der Waals surface area (Å²) in [5.74, 6) is -0.149. The lowest BCUT2D eigenvalue weighted by molar-refractivity contribution is 0.0827. The van der Waals surface area contributed by atoms with Crippen molar-refractivity contribution in [1.82, 2.24) is 14.9 Å². The quantitative estimate of drug-likeness (QED) is 0.845. The Kier molecular flexibility index (Phi) is 7.01. The number of carbonyl (C=O) groups is 1. The molecule has 1 heterocycles. The molecule has 2 N–H and O–H groups in total. The molecule has 23 heavy (non-hydrogen) atoms. The van der Waals surface area contributed by atoms with Gasteiger partial charge in [-0.25, -0.2) is 13.1 Å². The van der Waals surface area contributed by atoms with Crippen molar-refractivity contribution in [2.24, 2.45) is 0 Å². The van der Waals surface area contributed by atoms with E-state index in [0.29, 0.717) is 11.6 Å². The van der Waals surface area contributed by atoms with Crippen LogP contribution in [0.1, 0.15) is 30.1 Å². The molecule has 1 aromatic rings. The second-order valence-corrected chi connectivity index (χ2v) is 7.64. The van der Waals surface area contributed by atoms with Crippen LogP contribution in [-0.4, -0.2) is 51.9 Å². The molecule has 2 rings (SSSR count). The van der Waals surface area contributed by atoms with Gasteiger partial charge in [0.05, 0.1) is 4.90 Å². The fourth-order valence-corrected chi connectivity index (χ4v) is 3.84.